The topological polar surface area (TPSA) is 57.8 Å². The van der Waals surface area contributed by atoms with E-state index in [4.69, 9.17) is 5.41 Å². The average Bonchev–Trinajstić information content (AvgIpc) is 3.25. The first-order valence-electron chi connectivity index (χ1n) is 7.99. The van der Waals surface area contributed by atoms with Gasteiger partial charge in [0.2, 0.25) is 0 Å². The number of nitrogens with one attached hydrogen (secondary N) is 1. The smallest absolute Gasteiger partial charge is 0.128 e. The van der Waals surface area contributed by atoms with Crippen molar-refractivity contribution in [2.45, 2.75) is 19.4 Å². The summed E-state index contributed by atoms with van der Waals surface area (Å²) in [5.74, 6) is 0.641. The molecular weight excluding hydrogens is 286 g/mol. The molecule has 1 fully saturated rings. The average molecular weight is 305 g/mol. The monoisotopic (exact) mass is 305 g/mol. The summed E-state index contributed by atoms with van der Waals surface area (Å²) >= 11 is 0. The van der Waals surface area contributed by atoms with Gasteiger partial charge in [-0.25, -0.2) is 0 Å². The highest BCUT2D eigenvalue weighted by atomic mass is 15.3. The van der Waals surface area contributed by atoms with Crippen molar-refractivity contribution in [3.05, 3.63) is 60.0 Å². The van der Waals surface area contributed by atoms with Crippen molar-refractivity contribution in [3.8, 4) is 0 Å². The molecule has 0 amide bonds. The predicted octanol–water partition coefficient (Wildman–Crippen LogP) is 2.90. The Morgan fingerprint density at radius 1 is 1.04 bits per heavy atom. The van der Waals surface area contributed by atoms with Gasteiger partial charge in [0.05, 0.1) is 24.5 Å². The van der Waals surface area contributed by atoms with E-state index in [1.54, 1.807) is 6.20 Å². The third-order valence-corrected chi connectivity index (χ3v) is 4.43. The van der Waals surface area contributed by atoms with Crippen molar-refractivity contribution in [2.24, 2.45) is 0 Å². The van der Waals surface area contributed by atoms with Crippen LogP contribution in [0.5, 0.6) is 0 Å². The minimum absolute atomic E-state index is 0.641. The van der Waals surface area contributed by atoms with Crippen LogP contribution in [0.2, 0.25) is 0 Å². The van der Waals surface area contributed by atoms with E-state index < -0.39 is 0 Å². The Bertz CT molecular complexity index is 828. The van der Waals surface area contributed by atoms with E-state index in [9.17, 15) is 0 Å². The van der Waals surface area contributed by atoms with Crippen LogP contribution in [0.4, 0.5) is 0 Å². The zero-order valence-electron chi connectivity index (χ0n) is 12.9. The molecule has 5 heteroatoms. The van der Waals surface area contributed by atoms with Crippen LogP contribution in [0, 0.1) is 5.41 Å². The molecule has 0 saturated carbocycles. The van der Waals surface area contributed by atoms with Gasteiger partial charge >= 0.3 is 0 Å². The van der Waals surface area contributed by atoms with Gasteiger partial charge < -0.3 is 4.90 Å². The molecule has 1 aliphatic rings. The summed E-state index contributed by atoms with van der Waals surface area (Å²) in [6.45, 7) is 2.73. The Labute approximate surface area is 135 Å². The summed E-state index contributed by atoms with van der Waals surface area (Å²) in [5.41, 5.74) is 3.21. The molecule has 1 N–H and O–H groups in total. The molecule has 0 spiro atoms. The van der Waals surface area contributed by atoms with Crippen LogP contribution in [0.15, 0.2) is 48.9 Å². The minimum atomic E-state index is 0.641. The fraction of sp³-hybridized carbons (Fsp3) is 0.278. The molecular formula is C18H19N5. The lowest BCUT2D eigenvalue weighted by atomic mass is 10.1. The summed E-state index contributed by atoms with van der Waals surface area (Å²) in [6.07, 6.45) is 7.89. The summed E-state index contributed by atoms with van der Waals surface area (Å²) < 4.78 is 1.96. The van der Waals surface area contributed by atoms with Crippen molar-refractivity contribution in [3.63, 3.8) is 0 Å². The van der Waals surface area contributed by atoms with Crippen LogP contribution in [0.25, 0.3) is 10.9 Å². The lowest BCUT2D eigenvalue weighted by Crippen LogP contribution is -2.27. The maximum Gasteiger partial charge on any atom is 0.128 e. The Kier molecular flexibility index (Phi) is 3.54. The molecule has 0 aliphatic carbocycles. The van der Waals surface area contributed by atoms with E-state index in [-0.39, 0.29) is 0 Å². The highest BCUT2D eigenvalue weighted by Crippen LogP contribution is 2.16. The second-order valence-corrected chi connectivity index (χ2v) is 5.98. The number of hydrogen-bond acceptors (Lipinski definition) is 3. The van der Waals surface area contributed by atoms with Gasteiger partial charge in [0, 0.05) is 30.2 Å². The van der Waals surface area contributed by atoms with E-state index >= 15 is 0 Å². The molecule has 0 radical (unpaired) electrons. The molecule has 1 saturated heterocycles. The summed E-state index contributed by atoms with van der Waals surface area (Å²) in [4.78, 5) is 6.33. The number of amidine groups is 1. The number of benzene rings is 1. The van der Waals surface area contributed by atoms with E-state index in [1.807, 2.05) is 35.3 Å². The van der Waals surface area contributed by atoms with E-state index in [2.05, 4.69) is 27.1 Å². The first-order chi connectivity index (χ1) is 11.3. The molecule has 3 heterocycles. The number of pyridine rings is 1. The van der Waals surface area contributed by atoms with Crippen LogP contribution in [0.3, 0.4) is 0 Å². The predicted molar refractivity (Wildman–Crippen MR) is 90.7 cm³/mol. The maximum atomic E-state index is 8.30. The van der Waals surface area contributed by atoms with E-state index in [1.165, 1.54) is 18.4 Å². The molecule has 2 aromatic heterocycles. The van der Waals surface area contributed by atoms with Crippen molar-refractivity contribution in [1.29, 1.82) is 5.41 Å². The van der Waals surface area contributed by atoms with Crippen LogP contribution in [-0.4, -0.2) is 38.6 Å². The van der Waals surface area contributed by atoms with Gasteiger partial charge in [-0.2, -0.15) is 5.10 Å². The standard InChI is InChI=1S/C18H19N5/c19-18(22-9-1-2-10-22)15-5-3-14(4-6-15)13-23-17-12-20-8-7-16(17)11-21-23/h3-8,11-12,19H,1-2,9-10,13H2. The number of likely N-dealkylation sites (tertiary alicyclic amines) is 1. The summed E-state index contributed by atoms with van der Waals surface area (Å²) in [5, 5.41) is 13.8. The SMILES string of the molecule is N=C(c1ccc(Cn2ncc3ccncc32)cc1)N1CCCC1. The maximum absolute atomic E-state index is 8.30. The number of aromatic nitrogens is 3. The van der Waals surface area contributed by atoms with Crippen molar-refractivity contribution in [1.82, 2.24) is 19.7 Å². The highest BCUT2D eigenvalue weighted by molar-refractivity contribution is 5.96. The number of nitrogens with zero attached hydrogens (tertiary/aromatic N) is 4. The van der Waals surface area contributed by atoms with E-state index in [0.29, 0.717) is 12.4 Å². The summed E-state index contributed by atoms with van der Waals surface area (Å²) in [6, 6.07) is 10.2. The second-order valence-electron chi connectivity index (χ2n) is 5.98. The lowest BCUT2D eigenvalue weighted by molar-refractivity contribution is 0.517. The highest BCUT2D eigenvalue weighted by Gasteiger charge is 2.16. The van der Waals surface area contributed by atoms with Crippen LogP contribution in [0.1, 0.15) is 24.0 Å². The Hall–Kier alpha value is -2.69. The van der Waals surface area contributed by atoms with Gasteiger partial charge in [-0.1, -0.05) is 24.3 Å². The number of rotatable bonds is 3. The quantitative estimate of drug-likeness (QED) is 0.598. The molecule has 3 aromatic rings. The van der Waals surface area contributed by atoms with Crippen molar-refractivity contribution >= 4 is 16.7 Å². The third kappa shape index (κ3) is 2.70. The first-order valence-corrected chi connectivity index (χ1v) is 7.99. The molecule has 23 heavy (non-hydrogen) atoms. The zero-order valence-corrected chi connectivity index (χ0v) is 12.9. The van der Waals surface area contributed by atoms with Crippen LogP contribution in [-0.2, 0) is 6.54 Å². The molecule has 0 atom stereocenters. The second kappa shape index (κ2) is 5.83. The zero-order chi connectivity index (χ0) is 15.6. The lowest BCUT2D eigenvalue weighted by Gasteiger charge is -2.18. The number of hydrogen-bond donors (Lipinski definition) is 1. The number of fused-ring (bicyclic) bond motifs is 1. The molecule has 116 valence electrons. The van der Waals surface area contributed by atoms with Crippen LogP contribution >= 0.6 is 0 Å². The van der Waals surface area contributed by atoms with Gasteiger partial charge in [-0.15, -0.1) is 0 Å². The molecule has 1 aromatic carbocycles. The van der Waals surface area contributed by atoms with Crippen LogP contribution < -0.4 is 0 Å². The Balaban J connectivity index is 1.53. The van der Waals surface area contributed by atoms with Gasteiger partial charge in [0.25, 0.3) is 0 Å². The molecule has 4 rings (SSSR count). The Morgan fingerprint density at radius 3 is 2.61 bits per heavy atom. The molecule has 0 bridgehead atoms. The third-order valence-electron chi connectivity index (χ3n) is 4.43. The first kappa shape index (κ1) is 13.9. The van der Waals surface area contributed by atoms with Gasteiger partial charge in [-0.3, -0.25) is 15.1 Å². The normalized spacial score (nSPS) is 14.5. The Morgan fingerprint density at radius 2 is 1.83 bits per heavy atom. The minimum Gasteiger partial charge on any atom is -0.357 e. The molecule has 5 nitrogen and oxygen atoms in total. The molecule has 0 unspecified atom stereocenters. The van der Waals surface area contributed by atoms with Gasteiger partial charge in [-0.05, 0) is 24.5 Å². The fourth-order valence-electron chi connectivity index (χ4n) is 3.11. The van der Waals surface area contributed by atoms with Crippen molar-refractivity contribution < 1.29 is 0 Å². The van der Waals surface area contributed by atoms with Gasteiger partial charge in [0.1, 0.15) is 5.84 Å². The molecule has 1 aliphatic heterocycles. The van der Waals surface area contributed by atoms with E-state index in [0.717, 1.165) is 29.6 Å². The summed E-state index contributed by atoms with van der Waals surface area (Å²) in [7, 11) is 0. The largest absolute Gasteiger partial charge is 0.357 e. The fourth-order valence-corrected chi connectivity index (χ4v) is 3.11. The van der Waals surface area contributed by atoms with Crippen molar-refractivity contribution in [2.75, 3.05) is 13.1 Å². The van der Waals surface area contributed by atoms with Gasteiger partial charge in [0.15, 0.2) is 0 Å².